The molecule has 0 aliphatic carbocycles. The Hall–Kier alpha value is -2.51. The van der Waals surface area contributed by atoms with Crippen molar-refractivity contribution in [1.82, 2.24) is 0 Å². The Morgan fingerprint density at radius 2 is 2.06 bits per heavy atom. The van der Waals surface area contributed by atoms with Crippen molar-refractivity contribution in [2.75, 3.05) is 0 Å². The quantitative estimate of drug-likeness (QED) is 0.363. The molecular weight excluding hydrogens is 456 g/mol. The highest BCUT2D eigenvalue weighted by atomic mass is 16.6. The van der Waals surface area contributed by atoms with Crippen LogP contribution in [0.4, 0.5) is 0 Å². The maximum absolute atomic E-state index is 12.6. The fourth-order valence-electron chi connectivity index (χ4n) is 4.91. The fourth-order valence-corrected chi connectivity index (χ4v) is 4.91. The van der Waals surface area contributed by atoms with Crippen molar-refractivity contribution in [3.05, 3.63) is 77.9 Å². The van der Waals surface area contributed by atoms with Crippen molar-refractivity contribution in [1.29, 1.82) is 0 Å². The number of fused-ring (bicyclic) bond motifs is 3. The molecule has 1 saturated heterocycles. The van der Waals surface area contributed by atoms with E-state index in [0.29, 0.717) is 19.3 Å². The third-order valence-electron chi connectivity index (χ3n) is 6.94. The molecule has 1 fully saturated rings. The maximum Gasteiger partial charge on any atom is 0.330 e. The van der Waals surface area contributed by atoms with Crippen LogP contribution in [0.5, 0.6) is 0 Å². The van der Waals surface area contributed by atoms with Gasteiger partial charge in [-0.15, -0.1) is 0 Å². The summed E-state index contributed by atoms with van der Waals surface area (Å²) in [6.45, 7) is 6.15. The Labute approximate surface area is 214 Å². The number of esters is 1. The van der Waals surface area contributed by atoms with Gasteiger partial charge in [-0.2, -0.15) is 0 Å². The molecule has 36 heavy (non-hydrogen) atoms. The lowest BCUT2D eigenvalue weighted by atomic mass is 9.97. The van der Waals surface area contributed by atoms with Gasteiger partial charge in [-0.1, -0.05) is 72.4 Å². The van der Waals surface area contributed by atoms with Gasteiger partial charge in [0.05, 0.1) is 24.4 Å². The van der Waals surface area contributed by atoms with E-state index in [2.05, 4.69) is 12.7 Å². The van der Waals surface area contributed by atoms with Crippen LogP contribution in [0.2, 0.25) is 0 Å². The summed E-state index contributed by atoms with van der Waals surface area (Å²) in [7, 11) is 0. The standard InChI is InChI=1S/C30H38O6/c1-20-7-3-9-22(17-20)15-16-25(31)27-19-28-30(36-28)26(32)18-21(2)8-4-10-23-11-5-12-24(34-23)13-6-14-29(33)35-27/h3,5-7,9,12,14-17,23-28,30-32H,2,4,8,10-11,13,18-19H2,1H3/b14-6-,16-15+/t23-,24+,25+,26+,27+,28+,30+/m1/s1. The zero-order chi connectivity index (χ0) is 25.5. The molecule has 3 aliphatic rings. The van der Waals surface area contributed by atoms with E-state index in [1.165, 1.54) is 6.08 Å². The van der Waals surface area contributed by atoms with E-state index in [0.717, 1.165) is 42.4 Å². The number of carbonyl (C=O) groups excluding carboxylic acids is 1. The Morgan fingerprint density at radius 1 is 1.19 bits per heavy atom. The van der Waals surface area contributed by atoms with Gasteiger partial charge >= 0.3 is 5.97 Å². The van der Waals surface area contributed by atoms with Crippen molar-refractivity contribution in [2.45, 2.75) is 94.6 Å². The average molecular weight is 495 g/mol. The minimum Gasteiger partial charge on any atom is -0.456 e. The van der Waals surface area contributed by atoms with Gasteiger partial charge in [0.1, 0.15) is 18.3 Å². The van der Waals surface area contributed by atoms with Crippen molar-refractivity contribution >= 4 is 12.0 Å². The molecule has 1 aromatic carbocycles. The summed E-state index contributed by atoms with van der Waals surface area (Å²) in [5, 5.41) is 21.6. The Bertz CT molecular complexity index is 995. The number of epoxide rings is 1. The summed E-state index contributed by atoms with van der Waals surface area (Å²) >= 11 is 0. The molecule has 7 atom stereocenters. The summed E-state index contributed by atoms with van der Waals surface area (Å²) < 4.78 is 17.5. The average Bonchev–Trinajstić information content (AvgIpc) is 3.61. The summed E-state index contributed by atoms with van der Waals surface area (Å²) in [6.07, 6.45) is 12.7. The molecule has 0 aromatic heterocycles. The molecule has 2 bridgehead atoms. The Kier molecular flexibility index (Phi) is 9.32. The molecule has 2 N–H and O–H groups in total. The lowest BCUT2D eigenvalue weighted by Gasteiger charge is -2.25. The van der Waals surface area contributed by atoms with Gasteiger partial charge in [0, 0.05) is 12.5 Å². The van der Waals surface area contributed by atoms with Gasteiger partial charge in [0.2, 0.25) is 0 Å². The van der Waals surface area contributed by atoms with Gasteiger partial charge < -0.3 is 24.4 Å². The van der Waals surface area contributed by atoms with Crippen LogP contribution in [-0.2, 0) is 19.0 Å². The molecule has 194 valence electrons. The third-order valence-corrected chi connectivity index (χ3v) is 6.94. The monoisotopic (exact) mass is 494 g/mol. The smallest absolute Gasteiger partial charge is 0.330 e. The first-order valence-corrected chi connectivity index (χ1v) is 13.0. The van der Waals surface area contributed by atoms with Crippen LogP contribution < -0.4 is 0 Å². The highest BCUT2D eigenvalue weighted by molar-refractivity contribution is 5.82. The minimum atomic E-state index is -1.02. The zero-order valence-electron chi connectivity index (χ0n) is 21.0. The molecule has 0 saturated carbocycles. The van der Waals surface area contributed by atoms with E-state index < -0.39 is 24.3 Å². The third kappa shape index (κ3) is 8.00. The first kappa shape index (κ1) is 26.6. The number of hydrogen-bond acceptors (Lipinski definition) is 6. The molecule has 0 spiro atoms. The predicted molar refractivity (Wildman–Crippen MR) is 139 cm³/mol. The topological polar surface area (TPSA) is 88.5 Å². The number of cyclic esters (lactones) is 1. The number of aryl methyl sites for hydroxylation is 1. The summed E-state index contributed by atoms with van der Waals surface area (Å²) in [4.78, 5) is 12.6. The van der Waals surface area contributed by atoms with Crippen molar-refractivity contribution < 1.29 is 29.2 Å². The zero-order valence-corrected chi connectivity index (χ0v) is 21.0. The van der Waals surface area contributed by atoms with Crippen LogP contribution in [0.3, 0.4) is 0 Å². The first-order valence-electron chi connectivity index (χ1n) is 13.0. The lowest BCUT2D eigenvalue weighted by molar-refractivity contribution is -0.147. The number of rotatable bonds is 3. The van der Waals surface area contributed by atoms with E-state index in [1.807, 2.05) is 43.3 Å². The van der Waals surface area contributed by atoms with Crippen molar-refractivity contribution in [3.8, 4) is 0 Å². The van der Waals surface area contributed by atoms with E-state index in [4.69, 9.17) is 14.2 Å². The normalized spacial score (nSPS) is 33.8. The van der Waals surface area contributed by atoms with Gasteiger partial charge in [0.15, 0.2) is 0 Å². The molecule has 4 rings (SSSR count). The first-order chi connectivity index (χ1) is 17.4. The molecule has 3 aliphatic heterocycles. The number of carbonyl (C=O) groups is 1. The summed E-state index contributed by atoms with van der Waals surface area (Å²) in [5.74, 6) is -0.522. The number of ether oxygens (including phenoxy) is 3. The van der Waals surface area contributed by atoms with Crippen LogP contribution in [0, 0.1) is 6.92 Å². The Morgan fingerprint density at radius 3 is 2.89 bits per heavy atom. The lowest BCUT2D eigenvalue weighted by Crippen LogP contribution is -2.32. The van der Waals surface area contributed by atoms with Crippen LogP contribution in [0.1, 0.15) is 56.1 Å². The molecule has 0 unspecified atom stereocenters. The van der Waals surface area contributed by atoms with Crippen LogP contribution in [0.25, 0.3) is 6.08 Å². The highest BCUT2D eigenvalue weighted by Gasteiger charge is 2.46. The Balaban J connectivity index is 1.46. The second-order valence-corrected chi connectivity index (χ2v) is 10.1. The number of benzene rings is 1. The van der Waals surface area contributed by atoms with Gasteiger partial charge in [-0.25, -0.2) is 4.79 Å². The molecule has 3 heterocycles. The predicted octanol–water partition coefficient (Wildman–Crippen LogP) is 4.59. The fraction of sp³-hybridized carbons (Fsp3) is 0.500. The molecular formula is C30H38O6. The van der Waals surface area contributed by atoms with E-state index >= 15 is 0 Å². The molecule has 1 aromatic rings. The number of aliphatic hydroxyl groups is 2. The summed E-state index contributed by atoms with van der Waals surface area (Å²) in [6, 6.07) is 7.92. The number of aliphatic hydroxyl groups excluding tert-OH is 2. The van der Waals surface area contributed by atoms with E-state index in [1.54, 1.807) is 12.2 Å². The van der Waals surface area contributed by atoms with Crippen LogP contribution in [-0.4, -0.2) is 58.9 Å². The highest BCUT2D eigenvalue weighted by Crippen LogP contribution is 2.34. The second kappa shape index (κ2) is 12.6. The van der Waals surface area contributed by atoms with Crippen LogP contribution >= 0.6 is 0 Å². The minimum absolute atomic E-state index is 0.0732. The molecule has 6 heteroatoms. The SMILES string of the molecule is C=C1CCC[C@@H]2CC=C[C@@H](C/C=C\C(=O)O[C@H]([C@@H](O)/C=C/c3cccc(C)c3)C[C@@H]3O[C@H]3[C@@H](O)C1)O2. The van der Waals surface area contributed by atoms with Gasteiger partial charge in [0.25, 0.3) is 0 Å². The van der Waals surface area contributed by atoms with Gasteiger partial charge in [-0.05, 0) is 51.0 Å². The molecule has 0 amide bonds. The van der Waals surface area contributed by atoms with E-state index in [-0.39, 0.29) is 24.4 Å². The van der Waals surface area contributed by atoms with E-state index in [9.17, 15) is 15.0 Å². The second-order valence-electron chi connectivity index (χ2n) is 10.1. The largest absolute Gasteiger partial charge is 0.456 e. The van der Waals surface area contributed by atoms with Crippen LogP contribution in [0.15, 0.2) is 66.8 Å². The molecule has 0 radical (unpaired) electrons. The molecule has 6 nitrogen and oxygen atoms in total. The van der Waals surface area contributed by atoms with Gasteiger partial charge in [-0.3, -0.25) is 0 Å². The van der Waals surface area contributed by atoms with Crippen molar-refractivity contribution in [2.24, 2.45) is 0 Å². The van der Waals surface area contributed by atoms with Crippen molar-refractivity contribution in [3.63, 3.8) is 0 Å². The summed E-state index contributed by atoms with van der Waals surface area (Å²) in [5.41, 5.74) is 3.06. The maximum atomic E-state index is 12.6. The number of hydrogen-bond donors (Lipinski definition) is 2.